The molecule has 0 radical (unpaired) electrons. The number of hydrogen-bond acceptors (Lipinski definition) is 3. The van der Waals surface area contributed by atoms with Crippen LogP contribution in [-0.2, 0) is 16.6 Å². The van der Waals surface area contributed by atoms with Crippen molar-refractivity contribution in [3.63, 3.8) is 0 Å². The Hall–Kier alpha value is -2.42. The van der Waals surface area contributed by atoms with Crippen LogP contribution in [0.5, 0.6) is 0 Å². The van der Waals surface area contributed by atoms with Crippen LogP contribution in [0.4, 0.5) is 0 Å². The zero-order valence-corrected chi connectivity index (χ0v) is 12.0. The summed E-state index contributed by atoms with van der Waals surface area (Å²) >= 11 is 0. The van der Waals surface area contributed by atoms with Crippen LogP contribution in [0.2, 0.25) is 0 Å². The maximum atomic E-state index is 12.1. The molecule has 4 nitrogen and oxygen atoms in total. The topological polar surface area (TPSA) is 70.0 Å². The summed E-state index contributed by atoms with van der Waals surface area (Å²) in [5, 5.41) is 9.08. The predicted molar refractivity (Wildman–Crippen MR) is 82.2 cm³/mol. The molecule has 0 atom stereocenters. The van der Waals surface area contributed by atoms with Crippen LogP contribution in [0, 0.1) is 11.3 Å². The SMILES string of the molecule is N#CC(=Cc1ccccc1)S(=O)(=O)NCc1ccccc1. The molecule has 0 aliphatic rings. The molecule has 0 spiro atoms. The van der Waals surface area contributed by atoms with E-state index in [1.54, 1.807) is 30.3 Å². The summed E-state index contributed by atoms with van der Waals surface area (Å²) in [5.41, 5.74) is 1.50. The van der Waals surface area contributed by atoms with E-state index in [-0.39, 0.29) is 11.4 Å². The first-order chi connectivity index (χ1) is 10.1. The lowest BCUT2D eigenvalue weighted by molar-refractivity contribution is 0.589. The molecule has 2 aromatic rings. The van der Waals surface area contributed by atoms with Gasteiger partial charge in [-0.2, -0.15) is 5.26 Å². The zero-order valence-electron chi connectivity index (χ0n) is 11.2. The first-order valence-corrected chi connectivity index (χ1v) is 7.80. The second-order valence-electron chi connectivity index (χ2n) is 4.34. The Balaban J connectivity index is 2.17. The fourth-order valence-electron chi connectivity index (χ4n) is 1.72. The number of nitrogens with zero attached hydrogens (tertiary/aromatic N) is 1. The fourth-order valence-corrected chi connectivity index (χ4v) is 2.65. The Morgan fingerprint density at radius 1 is 1.05 bits per heavy atom. The minimum Gasteiger partial charge on any atom is -0.206 e. The van der Waals surface area contributed by atoms with Gasteiger partial charge >= 0.3 is 0 Å². The summed E-state index contributed by atoms with van der Waals surface area (Å²) in [6.45, 7) is 0.150. The van der Waals surface area contributed by atoms with Crippen molar-refractivity contribution in [2.75, 3.05) is 0 Å². The van der Waals surface area contributed by atoms with E-state index in [0.717, 1.165) is 5.56 Å². The molecule has 1 N–H and O–H groups in total. The maximum absolute atomic E-state index is 12.1. The van der Waals surface area contributed by atoms with Gasteiger partial charge in [-0.25, -0.2) is 13.1 Å². The van der Waals surface area contributed by atoms with Gasteiger partial charge in [0.2, 0.25) is 0 Å². The van der Waals surface area contributed by atoms with E-state index < -0.39 is 10.0 Å². The van der Waals surface area contributed by atoms with Crippen molar-refractivity contribution in [2.24, 2.45) is 0 Å². The lowest BCUT2D eigenvalue weighted by Crippen LogP contribution is -2.24. The monoisotopic (exact) mass is 298 g/mol. The van der Waals surface area contributed by atoms with Crippen molar-refractivity contribution in [2.45, 2.75) is 6.54 Å². The normalized spacial score (nSPS) is 11.9. The van der Waals surface area contributed by atoms with Crippen molar-refractivity contribution in [1.82, 2.24) is 4.72 Å². The lowest BCUT2D eigenvalue weighted by atomic mass is 10.2. The van der Waals surface area contributed by atoms with E-state index in [1.165, 1.54) is 6.08 Å². The minimum absolute atomic E-state index is 0.150. The molecule has 2 aromatic carbocycles. The highest BCUT2D eigenvalue weighted by Gasteiger charge is 2.16. The quantitative estimate of drug-likeness (QED) is 0.863. The fraction of sp³-hybridized carbons (Fsp3) is 0.0625. The number of sulfonamides is 1. The van der Waals surface area contributed by atoms with Gasteiger partial charge in [0, 0.05) is 6.54 Å². The summed E-state index contributed by atoms with van der Waals surface area (Å²) < 4.78 is 26.7. The highest BCUT2D eigenvalue weighted by atomic mass is 32.2. The van der Waals surface area contributed by atoms with Gasteiger partial charge < -0.3 is 0 Å². The molecule has 0 aromatic heterocycles. The van der Waals surface area contributed by atoms with E-state index in [2.05, 4.69) is 4.72 Å². The number of rotatable bonds is 5. The Labute approximate surface area is 124 Å². The average molecular weight is 298 g/mol. The first-order valence-electron chi connectivity index (χ1n) is 6.32. The molecule has 0 saturated heterocycles. The third kappa shape index (κ3) is 4.28. The summed E-state index contributed by atoms with van der Waals surface area (Å²) in [4.78, 5) is -0.301. The van der Waals surface area contributed by atoms with Gasteiger partial charge in [-0.15, -0.1) is 0 Å². The van der Waals surface area contributed by atoms with Crippen LogP contribution in [0.25, 0.3) is 6.08 Å². The number of benzene rings is 2. The van der Waals surface area contributed by atoms with Crippen molar-refractivity contribution < 1.29 is 8.42 Å². The van der Waals surface area contributed by atoms with Gasteiger partial charge in [0.15, 0.2) is 4.91 Å². The molecular weight excluding hydrogens is 284 g/mol. The van der Waals surface area contributed by atoms with Gasteiger partial charge in [-0.1, -0.05) is 60.7 Å². The van der Waals surface area contributed by atoms with Crippen molar-refractivity contribution in [1.29, 1.82) is 5.26 Å². The predicted octanol–water partition coefficient (Wildman–Crippen LogP) is 2.67. The van der Waals surface area contributed by atoms with Crippen LogP contribution in [0.15, 0.2) is 65.6 Å². The van der Waals surface area contributed by atoms with Crippen molar-refractivity contribution in [3.8, 4) is 6.07 Å². The van der Waals surface area contributed by atoms with E-state index >= 15 is 0 Å². The Kier molecular flexibility index (Phi) is 4.88. The standard InChI is InChI=1S/C16H14N2O2S/c17-12-16(11-14-7-3-1-4-8-14)21(19,20)18-13-15-9-5-2-6-10-15/h1-11,18H,13H2. The average Bonchev–Trinajstić information content (AvgIpc) is 2.52. The third-order valence-corrected chi connectivity index (χ3v) is 4.12. The summed E-state index contributed by atoms with van der Waals surface area (Å²) in [6.07, 6.45) is 1.35. The number of allylic oxidation sites excluding steroid dienone is 1. The molecule has 0 heterocycles. The molecule has 0 fully saturated rings. The highest BCUT2D eigenvalue weighted by molar-refractivity contribution is 7.93. The number of nitriles is 1. The Morgan fingerprint density at radius 2 is 1.62 bits per heavy atom. The van der Waals surface area contributed by atoms with E-state index in [9.17, 15) is 8.42 Å². The van der Waals surface area contributed by atoms with E-state index in [0.29, 0.717) is 5.56 Å². The van der Waals surface area contributed by atoms with Gasteiger partial charge in [0.05, 0.1) is 0 Å². The van der Waals surface area contributed by atoms with Gasteiger partial charge in [-0.05, 0) is 17.2 Å². The molecule has 0 aliphatic heterocycles. The molecule has 0 saturated carbocycles. The van der Waals surface area contributed by atoms with Gasteiger partial charge in [-0.3, -0.25) is 0 Å². The van der Waals surface area contributed by atoms with Crippen LogP contribution >= 0.6 is 0 Å². The largest absolute Gasteiger partial charge is 0.251 e. The summed E-state index contributed by atoms with van der Waals surface area (Å²) in [6, 6.07) is 19.7. The smallest absolute Gasteiger partial charge is 0.206 e. The number of hydrogen-bond donors (Lipinski definition) is 1. The minimum atomic E-state index is -3.82. The first kappa shape index (κ1) is 15.0. The van der Waals surface area contributed by atoms with Crippen LogP contribution in [-0.4, -0.2) is 8.42 Å². The summed E-state index contributed by atoms with van der Waals surface area (Å²) in [7, 11) is -3.82. The van der Waals surface area contributed by atoms with E-state index in [4.69, 9.17) is 5.26 Å². The molecule has 0 aliphatic carbocycles. The summed E-state index contributed by atoms with van der Waals surface area (Å²) in [5.74, 6) is 0. The van der Waals surface area contributed by atoms with Crippen molar-refractivity contribution >= 4 is 16.1 Å². The molecule has 0 amide bonds. The third-order valence-electron chi connectivity index (χ3n) is 2.81. The van der Waals surface area contributed by atoms with E-state index in [1.807, 2.05) is 36.4 Å². The molecule has 0 unspecified atom stereocenters. The molecule has 5 heteroatoms. The second kappa shape index (κ2) is 6.84. The van der Waals surface area contributed by atoms with Gasteiger partial charge in [0.25, 0.3) is 10.0 Å². The maximum Gasteiger partial charge on any atom is 0.251 e. The van der Waals surface area contributed by atoms with Crippen LogP contribution in [0.1, 0.15) is 11.1 Å². The Morgan fingerprint density at radius 3 is 2.19 bits per heavy atom. The molecule has 21 heavy (non-hydrogen) atoms. The van der Waals surface area contributed by atoms with Gasteiger partial charge in [0.1, 0.15) is 6.07 Å². The molecule has 0 bridgehead atoms. The highest BCUT2D eigenvalue weighted by Crippen LogP contribution is 2.11. The lowest BCUT2D eigenvalue weighted by Gasteiger charge is -2.05. The van der Waals surface area contributed by atoms with Crippen LogP contribution < -0.4 is 4.72 Å². The van der Waals surface area contributed by atoms with Crippen molar-refractivity contribution in [3.05, 3.63) is 76.7 Å². The molecule has 2 rings (SSSR count). The van der Waals surface area contributed by atoms with Crippen LogP contribution in [0.3, 0.4) is 0 Å². The molecular formula is C16H14N2O2S. The Bertz CT molecular complexity index is 761. The molecule has 106 valence electrons. The number of nitrogens with one attached hydrogen (secondary N) is 1. The second-order valence-corrected chi connectivity index (χ2v) is 6.08. The zero-order chi connectivity index (χ0) is 15.1.